The molecule has 1 aromatic rings. The minimum absolute atomic E-state index is 0. The molecule has 1 saturated carbocycles. The zero-order valence-electron chi connectivity index (χ0n) is 7.90. The highest BCUT2D eigenvalue weighted by atomic mass is 35.5. The molecule has 2 N–H and O–H groups in total. The highest BCUT2D eigenvalue weighted by Gasteiger charge is 2.37. The predicted molar refractivity (Wildman–Crippen MR) is 53.3 cm³/mol. The van der Waals surface area contributed by atoms with Gasteiger partial charge in [-0.1, -0.05) is 0 Å². The van der Waals surface area contributed by atoms with E-state index >= 15 is 0 Å². The second kappa shape index (κ2) is 4.02. The Bertz CT molecular complexity index is 377. The lowest BCUT2D eigenvalue weighted by molar-refractivity contribution is 0.243. The van der Waals surface area contributed by atoms with E-state index in [4.69, 9.17) is 5.73 Å². The zero-order valence-corrected chi connectivity index (χ0v) is 8.71. The molecule has 0 heterocycles. The quantitative estimate of drug-likeness (QED) is 0.747. The molecule has 0 atom stereocenters. The summed E-state index contributed by atoms with van der Waals surface area (Å²) in [6.07, 6.45) is 2.14. The number of hydrogen-bond donors (Lipinski definition) is 1. The van der Waals surface area contributed by atoms with E-state index in [0.29, 0.717) is 18.9 Å². The third-order valence-electron chi connectivity index (χ3n) is 2.79. The van der Waals surface area contributed by atoms with Crippen LogP contribution in [-0.4, -0.2) is 0 Å². The van der Waals surface area contributed by atoms with Crippen molar-refractivity contribution in [3.8, 4) is 0 Å². The third-order valence-corrected chi connectivity index (χ3v) is 2.79. The Morgan fingerprint density at radius 2 is 1.53 bits per heavy atom. The Balaban J connectivity index is 0.00000112. The normalized spacial score (nSPS) is 17.9. The number of hydrogen-bond acceptors (Lipinski definition) is 1. The van der Waals surface area contributed by atoms with Crippen LogP contribution in [0.5, 0.6) is 0 Å². The maximum Gasteiger partial charge on any atom is 0.161 e. The van der Waals surface area contributed by atoms with E-state index in [-0.39, 0.29) is 18.0 Å². The van der Waals surface area contributed by atoms with Crippen LogP contribution >= 0.6 is 12.4 Å². The highest BCUT2D eigenvalue weighted by Crippen LogP contribution is 2.40. The van der Waals surface area contributed by atoms with Crippen LogP contribution in [0.25, 0.3) is 0 Å². The van der Waals surface area contributed by atoms with Crippen molar-refractivity contribution in [3.05, 3.63) is 35.1 Å². The van der Waals surface area contributed by atoms with Crippen LogP contribution in [-0.2, 0) is 5.54 Å². The van der Waals surface area contributed by atoms with E-state index in [9.17, 15) is 13.2 Å². The summed E-state index contributed by atoms with van der Waals surface area (Å²) in [7, 11) is 0. The van der Waals surface area contributed by atoms with Crippen molar-refractivity contribution in [2.24, 2.45) is 5.73 Å². The molecular weight excluding hydrogens is 227 g/mol. The molecule has 0 aliphatic heterocycles. The summed E-state index contributed by atoms with van der Waals surface area (Å²) in [6, 6.07) is 1.42. The van der Waals surface area contributed by atoms with Crippen molar-refractivity contribution in [1.82, 2.24) is 0 Å². The molecule has 15 heavy (non-hydrogen) atoms. The lowest BCUT2D eigenvalue weighted by atomic mass is 9.72. The molecule has 5 heteroatoms. The second-order valence-corrected chi connectivity index (χ2v) is 3.76. The molecule has 0 amide bonds. The van der Waals surface area contributed by atoms with E-state index in [1.54, 1.807) is 0 Å². The SMILES string of the molecule is Cl.NC1(c2cc(F)c(F)cc2F)CCC1. The van der Waals surface area contributed by atoms with Gasteiger partial charge in [0.05, 0.1) is 0 Å². The fourth-order valence-electron chi connectivity index (χ4n) is 1.73. The molecule has 0 radical (unpaired) electrons. The average Bonchev–Trinajstić information content (AvgIpc) is 2.07. The van der Waals surface area contributed by atoms with Gasteiger partial charge in [-0.25, -0.2) is 13.2 Å². The van der Waals surface area contributed by atoms with Crippen molar-refractivity contribution in [3.63, 3.8) is 0 Å². The largest absolute Gasteiger partial charge is 0.321 e. The van der Waals surface area contributed by atoms with Crippen molar-refractivity contribution in [2.75, 3.05) is 0 Å². The first-order valence-corrected chi connectivity index (χ1v) is 4.47. The monoisotopic (exact) mass is 237 g/mol. The van der Waals surface area contributed by atoms with Crippen LogP contribution in [0.3, 0.4) is 0 Å². The molecule has 1 aliphatic rings. The maximum atomic E-state index is 13.3. The Morgan fingerprint density at radius 3 is 2.00 bits per heavy atom. The first-order valence-electron chi connectivity index (χ1n) is 4.47. The molecule has 1 fully saturated rings. The van der Waals surface area contributed by atoms with Gasteiger partial charge >= 0.3 is 0 Å². The van der Waals surface area contributed by atoms with Crippen molar-refractivity contribution < 1.29 is 13.2 Å². The second-order valence-electron chi connectivity index (χ2n) is 3.76. The van der Waals surface area contributed by atoms with Gasteiger partial charge in [-0.15, -0.1) is 12.4 Å². The van der Waals surface area contributed by atoms with Crippen LogP contribution in [0.4, 0.5) is 13.2 Å². The Kier molecular flexibility index (Phi) is 3.31. The molecule has 1 aromatic carbocycles. The van der Waals surface area contributed by atoms with Gasteiger partial charge in [0.2, 0.25) is 0 Å². The first kappa shape index (κ1) is 12.3. The molecule has 0 spiro atoms. The maximum absolute atomic E-state index is 13.3. The Morgan fingerprint density at radius 1 is 1.00 bits per heavy atom. The molecular formula is C10H11ClF3N. The molecule has 0 saturated heterocycles. The number of rotatable bonds is 1. The van der Waals surface area contributed by atoms with Crippen LogP contribution in [0.15, 0.2) is 12.1 Å². The van der Waals surface area contributed by atoms with Gasteiger partial charge in [0.1, 0.15) is 5.82 Å². The fourth-order valence-corrected chi connectivity index (χ4v) is 1.73. The third kappa shape index (κ3) is 1.96. The van der Waals surface area contributed by atoms with Gasteiger partial charge in [-0.05, 0) is 25.3 Å². The lowest BCUT2D eigenvalue weighted by Gasteiger charge is -2.38. The van der Waals surface area contributed by atoms with Gasteiger partial charge in [0, 0.05) is 17.2 Å². The van der Waals surface area contributed by atoms with Crippen LogP contribution in [0.2, 0.25) is 0 Å². The number of benzene rings is 1. The fraction of sp³-hybridized carbons (Fsp3) is 0.400. The van der Waals surface area contributed by atoms with E-state index in [2.05, 4.69) is 0 Å². The van der Waals surface area contributed by atoms with Crippen molar-refractivity contribution in [1.29, 1.82) is 0 Å². The minimum Gasteiger partial charge on any atom is -0.321 e. The van der Waals surface area contributed by atoms with Gasteiger partial charge < -0.3 is 5.73 Å². The highest BCUT2D eigenvalue weighted by molar-refractivity contribution is 5.85. The van der Waals surface area contributed by atoms with Crippen molar-refractivity contribution >= 4 is 12.4 Å². The van der Waals surface area contributed by atoms with E-state index in [0.717, 1.165) is 12.5 Å². The Hall–Kier alpha value is -0.740. The topological polar surface area (TPSA) is 26.0 Å². The molecule has 84 valence electrons. The lowest BCUT2D eigenvalue weighted by Crippen LogP contribution is -2.44. The van der Waals surface area contributed by atoms with Gasteiger partial charge in [-0.2, -0.15) is 0 Å². The van der Waals surface area contributed by atoms with Crippen LogP contribution in [0.1, 0.15) is 24.8 Å². The number of nitrogens with two attached hydrogens (primary N) is 1. The summed E-state index contributed by atoms with van der Waals surface area (Å²) in [5.41, 5.74) is 5.11. The smallest absolute Gasteiger partial charge is 0.161 e. The van der Waals surface area contributed by atoms with E-state index in [1.807, 2.05) is 0 Å². The summed E-state index contributed by atoms with van der Waals surface area (Å²) in [5.74, 6) is -2.97. The molecule has 2 rings (SSSR count). The summed E-state index contributed by atoms with van der Waals surface area (Å²) >= 11 is 0. The first-order chi connectivity index (χ1) is 6.53. The molecule has 1 aliphatic carbocycles. The van der Waals surface area contributed by atoms with Crippen molar-refractivity contribution in [2.45, 2.75) is 24.8 Å². The predicted octanol–water partition coefficient (Wildman–Crippen LogP) is 2.86. The molecule has 0 aromatic heterocycles. The van der Waals surface area contributed by atoms with Gasteiger partial charge in [0.15, 0.2) is 11.6 Å². The van der Waals surface area contributed by atoms with E-state index in [1.165, 1.54) is 0 Å². The van der Waals surface area contributed by atoms with Crippen LogP contribution < -0.4 is 5.73 Å². The summed E-state index contributed by atoms with van der Waals surface area (Å²) < 4.78 is 38.7. The zero-order chi connectivity index (χ0) is 10.3. The van der Waals surface area contributed by atoms with E-state index < -0.39 is 23.0 Å². The Labute approximate surface area is 91.9 Å². The number of halogens is 4. The average molecular weight is 238 g/mol. The van der Waals surface area contributed by atoms with Crippen LogP contribution in [0, 0.1) is 17.5 Å². The summed E-state index contributed by atoms with van der Waals surface area (Å²) in [6.45, 7) is 0. The minimum atomic E-state index is -1.17. The van der Waals surface area contributed by atoms with Gasteiger partial charge in [-0.3, -0.25) is 0 Å². The standard InChI is InChI=1S/C10H10F3N.ClH/c11-7-5-9(13)8(12)4-6(7)10(14)2-1-3-10;/h4-5H,1-3,14H2;1H. The summed E-state index contributed by atoms with van der Waals surface area (Å²) in [4.78, 5) is 0. The van der Waals surface area contributed by atoms with Gasteiger partial charge in [0.25, 0.3) is 0 Å². The summed E-state index contributed by atoms with van der Waals surface area (Å²) in [5, 5.41) is 0. The molecule has 1 nitrogen and oxygen atoms in total. The molecule has 0 bridgehead atoms. The molecule has 0 unspecified atom stereocenters.